The van der Waals surface area contributed by atoms with Gasteiger partial charge in [-0.15, -0.1) is 0 Å². The summed E-state index contributed by atoms with van der Waals surface area (Å²) in [7, 11) is 0. The van der Waals surface area contributed by atoms with Gasteiger partial charge < -0.3 is 10.6 Å². The Morgan fingerprint density at radius 2 is 2.00 bits per heavy atom. The van der Waals surface area contributed by atoms with E-state index < -0.39 is 0 Å². The highest BCUT2D eigenvalue weighted by molar-refractivity contribution is 6.31. The van der Waals surface area contributed by atoms with E-state index in [1.807, 2.05) is 6.92 Å². The molecule has 2 N–H and O–H groups in total. The van der Waals surface area contributed by atoms with Gasteiger partial charge in [0.25, 0.3) is 0 Å². The number of aryl methyl sites for hydroxylation is 1. The van der Waals surface area contributed by atoms with Crippen molar-refractivity contribution in [2.75, 3.05) is 13.1 Å². The number of amides is 2. The van der Waals surface area contributed by atoms with E-state index in [9.17, 15) is 9.59 Å². The van der Waals surface area contributed by atoms with Crippen LogP contribution in [0.4, 0.5) is 0 Å². The van der Waals surface area contributed by atoms with Gasteiger partial charge in [-0.25, -0.2) is 0 Å². The standard InChI is InChI=1S/C17H25ClN4O2/c1-11(2)10-22-16(18)14(12(3)21-22)6-7-15(23)19-8-9-20-17(24)13-4-5-13/h6-7,11,13H,4-5,8-10H2,1-3H3,(H,19,23)(H,20,24)/b7-6-. The lowest BCUT2D eigenvalue weighted by molar-refractivity contribution is -0.122. The van der Waals surface area contributed by atoms with Crippen LogP contribution < -0.4 is 10.6 Å². The van der Waals surface area contributed by atoms with Crippen molar-refractivity contribution in [2.24, 2.45) is 11.8 Å². The van der Waals surface area contributed by atoms with Crippen molar-refractivity contribution in [2.45, 2.75) is 40.2 Å². The zero-order chi connectivity index (χ0) is 17.7. The number of carbonyl (C=O) groups is 2. The third-order valence-corrected chi connectivity index (χ3v) is 4.12. The molecule has 0 radical (unpaired) electrons. The number of rotatable bonds is 8. The van der Waals surface area contributed by atoms with Gasteiger partial charge in [-0.3, -0.25) is 14.3 Å². The van der Waals surface area contributed by atoms with Crippen molar-refractivity contribution in [1.82, 2.24) is 20.4 Å². The smallest absolute Gasteiger partial charge is 0.244 e. The predicted molar refractivity (Wildman–Crippen MR) is 94.6 cm³/mol. The molecule has 24 heavy (non-hydrogen) atoms. The number of aromatic nitrogens is 2. The fourth-order valence-electron chi connectivity index (χ4n) is 2.30. The summed E-state index contributed by atoms with van der Waals surface area (Å²) in [5, 5.41) is 10.5. The van der Waals surface area contributed by atoms with Crippen LogP contribution in [0.3, 0.4) is 0 Å². The van der Waals surface area contributed by atoms with E-state index in [1.165, 1.54) is 6.08 Å². The number of carbonyl (C=O) groups excluding carboxylic acids is 2. The van der Waals surface area contributed by atoms with Gasteiger partial charge in [0.15, 0.2) is 0 Å². The topological polar surface area (TPSA) is 76.0 Å². The third kappa shape index (κ3) is 5.37. The molecule has 0 spiro atoms. The molecule has 1 heterocycles. The van der Waals surface area contributed by atoms with Crippen LogP contribution in [0.15, 0.2) is 6.08 Å². The Labute approximate surface area is 147 Å². The summed E-state index contributed by atoms with van der Waals surface area (Å²) in [6.45, 7) is 7.65. The summed E-state index contributed by atoms with van der Waals surface area (Å²) >= 11 is 6.32. The summed E-state index contributed by atoms with van der Waals surface area (Å²) in [6, 6.07) is 0. The van der Waals surface area contributed by atoms with Gasteiger partial charge in [0.2, 0.25) is 11.8 Å². The molecular weight excluding hydrogens is 328 g/mol. The van der Waals surface area contributed by atoms with Crippen LogP contribution in [0.5, 0.6) is 0 Å². The summed E-state index contributed by atoms with van der Waals surface area (Å²) in [5.74, 6) is 0.489. The van der Waals surface area contributed by atoms with E-state index in [-0.39, 0.29) is 17.7 Å². The molecule has 0 bridgehead atoms. The monoisotopic (exact) mass is 352 g/mol. The van der Waals surface area contributed by atoms with Gasteiger partial charge >= 0.3 is 0 Å². The molecule has 2 amide bonds. The van der Waals surface area contributed by atoms with Gasteiger partial charge in [0.05, 0.1) is 5.69 Å². The minimum Gasteiger partial charge on any atom is -0.354 e. The molecule has 0 unspecified atom stereocenters. The molecule has 1 fully saturated rings. The lowest BCUT2D eigenvalue weighted by Crippen LogP contribution is -2.34. The quantitative estimate of drug-likeness (QED) is 0.556. The average Bonchev–Trinajstić information content (AvgIpc) is 3.31. The molecule has 0 atom stereocenters. The van der Waals surface area contributed by atoms with Crippen LogP contribution in [0.1, 0.15) is 37.9 Å². The second-order valence-corrected chi connectivity index (χ2v) is 6.91. The number of nitrogens with zero attached hydrogens (tertiary/aromatic N) is 2. The van der Waals surface area contributed by atoms with Gasteiger partial charge in [0.1, 0.15) is 5.15 Å². The van der Waals surface area contributed by atoms with Crippen molar-refractivity contribution in [3.8, 4) is 0 Å². The molecule has 0 aliphatic heterocycles. The number of hydrogen-bond acceptors (Lipinski definition) is 3. The van der Waals surface area contributed by atoms with E-state index in [0.29, 0.717) is 24.2 Å². The highest BCUT2D eigenvalue weighted by Gasteiger charge is 2.28. The van der Waals surface area contributed by atoms with E-state index in [0.717, 1.165) is 30.6 Å². The second-order valence-electron chi connectivity index (χ2n) is 6.56. The lowest BCUT2D eigenvalue weighted by atomic mass is 10.2. The van der Waals surface area contributed by atoms with Crippen molar-refractivity contribution in [1.29, 1.82) is 0 Å². The highest BCUT2D eigenvalue weighted by atomic mass is 35.5. The van der Waals surface area contributed by atoms with Crippen molar-refractivity contribution in [3.05, 3.63) is 22.5 Å². The van der Waals surface area contributed by atoms with Gasteiger partial charge in [-0.2, -0.15) is 5.10 Å². The first kappa shape index (κ1) is 18.5. The molecule has 1 aromatic heterocycles. The first-order valence-corrected chi connectivity index (χ1v) is 8.72. The molecule has 2 rings (SSSR count). The summed E-state index contributed by atoms with van der Waals surface area (Å²) in [4.78, 5) is 23.3. The maximum absolute atomic E-state index is 11.8. The molecule has 7 heteroatoms. The molecule has 0 saturated heterocycles. The number of hydrogen-bond donors (Lipinski definition) is 2. The predicted octanol–water partition coefficient (Wildman–Crippen LogP) is 2.16. The Bertz CT molecular complexity index is 633. The van der Waals surface area contributed by atoms with Crippen molar-refractivity contribution >= 4 is 29.5 Å². The second kappa shape index (κ2) is 8.33. The Kier molecular flexibility index (Phi) is 6.43. The van der Waals surface area contributed by atoms with Crippen LogP contribution >= 0.6 is 11.6 Å². The third-order valence-electron chi connectivity index (χ3n) is 3.72. The minimum absolute atomic E-state index is 0.0831. The van der Waals surface area contributed by atoms with Crippen LogP contribution in [-0.4, -0.2) is 34.7 Å². The van der Waals surface area contributed by atoms with E-state index >= 15 is 0 Å². The molecule has 1 saturated carbocycles. The molecule has 1 aromatic rings. The van der Waals surface area contributed by atoms with Crippen molar-refractivity contribution < 1.29 is 9.59 Å². The van der Waals surface area contributed by atoms with Gasteiger partial charge in [0, 0.05) is 37.2 Å². The van der Waals surface area contributed by atoms with E-state index in [1.54, 1.807) is 10.8 Å². The maximum Gasteiger partial charge on any atom is 0.244 e. The average molecular weight is 353 g/mol. The summed E-state index contributed by atoms with van der Waals surface area (Å²) in [5.41, 5.74) is 1.55. The van der Waals surface area contributed by atoms with Gasteiger partial charge in [-0.05, 0) is 31.8 Å². The summed E-state index contributed by atoms with van der Waals surface area (Å²) in [6.07, 6.45) is 5.08. The van der Waals surface area contributed by atoms with Crippen LogP contribution in [0.2, 0.25) is 5.15 Å². The minimum atomic E-state index is -0.220. The number of nitrogens with one attached hydrogen (secondary N) is 2. The fourth-order valence-corrected chi connectivity index (χ4v) is 2.61. The van der Waals surface area contributed by atoms with Crippen LogP contribution in [0.25, 0.3) is 6.08 Å². The normalized spacial score (nSPS) is 14.4. The molecule has 0 aromatic carbocycles. The number of halogens is 1. The van der Waals surface area contributed by atoms with E-state index in [2.05, 4.69) is 29.6 Å². The first-order valence-electron chi connectivity index (χ1n) is 8.35. The zero-order valence-corrected chi connectivity index (χ0v) is 15.2. The zero-order valence-electron chi connectivity index (χ0n) is 14.4. The van der Waals surface area contributed by atoms with Gasteiger partial charge in [-0.1, -0.05) is 25.4 Å². The van der Waals surface area contributed by atoms with Crippen molar-refractivity contribution in [3.63, 3.8) is 0 Å². The Hall–Kier alpha value is -1.82. The largest absolute Gasteiger partial charge is 0.354 e. The molecule has 1 aliphatic carbocycles. The molecule has 132 valence electrons. The van der Waals surface area contributed by atoms with Crippen LogP contribution in [-0.2, 0) is 16.1 Å². The maximum atomic E-state index is 11.8. The first-order chi connectivity index (χ1) is 11.4. The summed E-state index contributed by atoms with van der Waals surface area (Å²) < 4.78 is 1.76. The fraction of sp³-hybridized carbons (Fsp3) is 0.588. The lowest BCUT2D eigenvalue weighted by Gasteiger charge is -2.05. The Balaban J connectivity index is 1.80. The van der Waals surface area contributed by atoms with E-state index in [4.69, 9.17) is 11.6 Å². The highest BCUT2D eigenvalue weighted by Crippen LogP contribution is 2.28. The van der Waals surface area contributed by atoms with Crippen LogP contribution in [0, 0.1) is 18.8 Å². The Morgan fingerprint density at radius 3 is 2.62 bits per heavy atom. The molecular formula is C17H25ClN4O2. The molecule has 1 aliphatic rings. The SMILES string of the molecule is Cc1nn(CC(C)C)c(Cl)c1/C=C\C(=O)NCCNC(=O)C1CC1. The molecule has 6 nitrogen and oxygen atoms in total. The Morgan fingerprint density at radius 1 is 1.33 bits per heavy atom.